The molecule has 3 aromatic rings. The van der Waals surface area contributed by atoms with Crippen molar-refractivity contribution in [1.29, 1.82) is 0 Å². The SMILES string of the molecule is O=C(Nc1cc(-c2cccs2)[nH]n1)c1ccoc1. The van der Waals surface area contributed by atoms with Crippen LogP contribution in [-0.4, -0.2) is 16.1 Å². The van der Waals surface area contributed by atoms with Crippen molar-refractivity contribution in [1.82, 2.24) is 10.2 Å². The van der Waals surface area contributed by atoms with Gasteiger partial charge in [0.2, 0.25) is 0 Å². The van der Waals surface area contributed by atoms with E-state index in [4.69, 9.17) is 4.42 Å². The minimum Gasteiger partial charge on any atom is -0.472 e. The maximum absolute atomic E-state index is 11.7. The van der Waals surface area contributed by atoms with E-state index in [9.17, 15) is 4.79 Å². The number of anilines is 1. The molecule has 90 valence electrons. The Bertz CT molecular complexity index is 641. The van der Waals surface area contributed by atoms with Gasteiger partial charge in [-0.2, -0.15) is 5.10 Å². The Balaban J connectivity index is 1.76. The molecule has 0 bridgehead atoms. The second kappa shape index (κ2) is 4.50. The van der Waals surface area contributed by atoms with Crippen LogP contribution >= 0.6 is 11.3 Å². The number of furan rings is 1. The van der Waals surface area contributed by atoms with Gasteiger partial charge in [-0.05, 0) is 17.5 Å². The molecule has 3 heterocycles. The summed E-state index contributed by atoms with van der Waals surface area (Å²) in [5.74, 6) is 0.248. The first-order valence-electron chi connectivity index (χ1n) is 5.26. The molecule has 0 spiro atoms. The molecule has 2 N–H and O–H groups in total. The minimum absolute atomic E-state index is 0.243. The van der Waals surface area contributed by atoms with Crippen LogP contribution in [0.2, 0.25) is 0 Å². The molecular weight excluding hydrogens is 250 g/mol. The van der Waals surface area contributed by atoms with Crippen molar-refractivity contribution in [2.45, 2.75) is 0 Å². The Labute approximate surface area is 106 Å². The predicted molar refractivity (Wildman–Crippen MR) is 68.6 cm³/mol. The van der Waals surface area contributed by atoms with Crippen molar-refractivity contribution >= 4 is 23.1 Å². The lowest BCUT2D eigenvalue weighted by molar-refractivity contribution is 0.102. The molecule has 5 nitrogen and oxygen atoms in total. The zero-order valence-corrected chi connectivity index (χ0v) is 10.0. The highest BCUT2D eigenvalue weighted by Crippen LogP contribution is 2.24. The maximum atomic E-state index is 11.7. The highest BCUT2D eigenvalue weighted by atomic mass is 32.1. The number of aromatic nitrogens is 2. The number of nitrogens with zero attached hydrogens (tertiary/aromatic N) is 1. The van der Waals surface area contributed by atoms with Crippen LogP contribution in [0.15, 0.2) is 46.6 Å². The standard InChI is InChI=1S/C12H9N3O2S/c16-12(8-3-4-17-7-8)13-11-6-9(14-15-11)10-2-1-5-18-10/h1-7H,(H2,13,14,15,16). The summed E-state index contributed by atoms with van der Waals surface area (Å²) in [7, 11) is 0. The van der Waals surface area contributed by atoms with Crippen LogP contribution in [0.1, 0.15) is 10.4 Å². The molecule has 0 fully saturated rings. The lowest BCUT2D eigenvalue weighted by Crippen LogP contribution is -2.10. The lowest BCUT2D eigenvalue weighted by Gasteiger charge is -1.96. The maximum Gasteiger partial charge on any atom is 0.260 e. The molecule has 0 aliphatic carbocycles. The number of amides is 1. The van der Waals surface area contributed by atoms with Crippen LogP contribution in [0.25, 0.3) is 10.6 Å². The number of aromatic amines is 1. The molecule has 0 unspecified atom stereocenters. The molecule has 0 saturated heterocycles. The van der Waals surface area contributed by atoms with E-state index in [2.05, 4.69) is 15.5 Å². The molecule has 0 radical (unpaired) electrons. The number of hydrogen-bond acceptors (Lipinski definition) is 4. The third kappa shape index (κ3) is 2.05. The zero-order chi connectivity index (χ0) is 12.4. The quantitative estimate of drug-likeness (QED) is 0.759. The summed E-state index contributed by atoms with van der Waals surface area (Å²) in [5.41, 5.74) is 1.35. The van der Waals surface area contributed by atoms with Crippen LogP contribution in [0, 0.1) is 0 Å². The monoisotopic (exact) mass is 259 g/mol. The second-order valence-corrected chi connectivity index (χ2v) is 4.56. The summed E-state index contributed by atoms with van der Waals surface area (Å²) in [6, 6.07) is 7.34. The van der Waals surface area contributed by atoms with E-state index >= 15 is 0 Å². The van der Waals surface area contributed by atoms with Crippen molar-refractivity contribution in [2.75, 3.05) is 5.32 Å². The third-order valence-electron chi connectivity index (χ3n) is 2.39. The highest BCUT2D eigenvalue weighted by molar-refractivity contribution is 7.13. The average Bonchev–Trinajstić information content (AvgIpc) is 3.12. The Morgan fingerprint density at radius 2 is 2.39 bits per heavy atom. The topological polar surface area (TPSA) is 70.9 Å². The zero-order valence-electron chi connectivity index (χ0n) is 9.21. The van der Waals surface area contributed by atoms with Gasteiger partial charge >= 0.3 is 0 Å². The van der Waals surface area contributed by atoms with Gasteiger partial charge in [0.05, 0.1) is 22.4 Å². The molecule has 0 aromatic carbocycles. The fourth-order valence-corrected chi connectivity index (χ4v) is 2.22. The molecule has 0 aliphatic rings. The number of carbonyl (C=O) groups excluding carboxylic acids is 1. The van der Waals surface area contributed by atoms with E-state index < -0.39 is 0 Å². The van der Waals surface area contributed by atoms with Crippen molar-refractivity contribution in [3.05, 3.63) is 47.7 Å². The Kier molecular flexibility index (Phi) is 2.70. The summed E-state index contributed by atoms with van der Waals surface area (Å²) >= 11 is 1.61. The smallest absolute Gasteiger partial charge is 0.260 e. The van der Waals surface area contributed by atoms with Crippen LogP contribution < -0.4 is 5.32 Å². The van der Waals surface area contributed by atoms with E-state index in [-0.39, 0.29) is 5.91 Å². The minimum atomic E-state index is -0.243. The van der Waals surface area contributed by atoms with Gasteiger partial charge in [0, 0.05) is 6.07 Å². The van der Waals surface area contributed by atoms with Gasteiger partial charge in [-0.3, -0.25) is 9.89 Å². The molecule has 3 aromatic heterocycles. The van der Waals surface area contributed by atoms with Crippen molar-refractivity contribution < 1.29 is 9.21 Å². The second-order valence-electron chi connectivity index (χ2n) is 3.61. The summed E-state index contributed by atoms with van der Waals surface area (Å²) in [5, 5.41) is 11.6. The van der Waals surface area contributed by atoms with Gasteiger partial charge in [-0.1, -0.05) is 6.07 Å². The van der Waals surface area contributed by atoms with Crippen LogP contribution in [-0.2, 0) is 0 Å². The van der Waals surface area contributed by atoms with Gasteiger partial charge < -0.3 is 9.73 Å². The largest absolute Gasteiger partial charge is 0.472 e. The number of H-pyrrole nitrogens is 1. The fraction of sp³-hybridized carbons (Fsp3) is 0. The fourth-order valence-electron chi connectivity index (χ4n) is 1.53. The Hall–Kier alpha value is -2.34. The van der Waals surface area contributed by atoms with Crippen molar-refractivity contribution in [3.63, 3.8) is 0 Å². The lowest BCUT2D eigenvalue weighted by atomic mass is 10.3. The van der Waals surface area contributed by atoms with E-state index in [0.29, 0.717) is 11.4 Å². The van der Waals surface area contributed by atoms with Gasteiger partial charge in [0.1, 0.15) is 6.26 Å². The van der Waals surface area contributed by atoms with Crippen molar-refractivity contribution in [3.8, 4) is 10.6 Å². The molecule has 1 amide bonds. The van der Waals surface area contributed by atoms with Crippen molar-refractivity contribution in [2.24, 2.45) is 0 Å². The molecule has 18 heavy (non-hydrogen) atoms. The van der Waals surface area contributed by atoms with Crippen LogP contribution in [0.4, 0.5) is 5.82 Å². The third-order valence-corrected chi connectivity index (χ3v) is 3.29. The highest BCUT2D eigenvalue weighted by Gasteiger charge is 2.10. The number of carbonyl (C=O) groups is 1. The van der Waals surface area contributed by atoms with E-state index in [1.807, 2.05) is 17.5 Å². The van der Waals surface area contributed by atoms with Gasteiger partial charge in [0.25, 0.3) is 5.91 Å². The van der Waals surface area contributed by atoms with Crippen LogP contribution in [0.5, 0.6) is 0 Å². The predicted octanol–water partition coefficient (Wildman–Crippen LogP) is 2.98. The number of hydrogen-bond donors (Lipinski definition) is 2. The van der Waals surface area contributed by atoms with Gasteiger partial charge in [0.15, 0.2) is 5.82 Å². The normalized spacial score (nSPS) is 10.4. The number of nitrogens with one attached hydrogen (secondary N) is 2. The molecule has 6 heteroatoms. The first kappa shape index (κ1) is 10.8. The van der Waals surface area contributed by atoms with E-state index in [0.717, 1.165) is 10.6 Å². The molecule has 3 rings (SSSR count). The molecule has 0 saturated carbocycles. The average molecular weight is 259 g/mol. The molecular formula is C12H9N3O2S. The number of rotatable bonds is 3. The van der Waals surface area contributed by atoms with Crippen LogP contribution in [0.3, 0.4) is 0 Å². The van der Waals surface area contributed by atoms with Gasteiger partial charge in [-0.25, -0.2) is 0 Å². The molecule has 0 aliphatic heterocycles. The Morgan fingerprint density at radius 3 is 3.11 bits per heavy atom. The first-order valence-corrected chi connectivity index (χ1v) is 6.14. The van der Waals surface area contributed by atoms with E-state index in [1.54, 1.807) is 23.5 Å². The van der Waals surface area contributed by atoms with Gasteiger partial charge in [-0.15, -0.1) is 11.3 Å². The van der Waals surface area contributed by atoms with E-state index in [1.165, 1.54) is 12.5 Å². The molecule has 0 atom stereocenters. The summed E-state index contributed by atoms with van der Waals surface area (Å²) in [4.78, 5) is 12.8. The summed E-state index contributed by atoms with van der Waals surface area (Å²) in [6.07, 6.45) is 2.85. The summed E-state index contributed by atoms with van der Waals surface area (Å²) < 4.78 is 4.85. The number of thiophene rings is 1. The first-order chi connectivity index (χ1) is 8.83. The summed E-state index contributed by atoms with van der Waals surface area (Å²) in [6.45, 7) is 0. The Morgan fingerprint density at radius 1 is 1.44 bits per heavy atom.